The van der Waals surface area contributed by atoms with Crippen LogP contribution >= 0.6 is 11.9 Å². The van der Waals surface area contributed by atoms with Crippen LogP contribution in [0.1, 0.15) is 72.1 Å². The van der Waals surface area contributed by atoms with Gasteiger partial charge in [-0.1, -0.05) is 62.3 Å². The Kier molecular flexibility index (Phi) is 9.36. The van der Waals surface area contributed by atoms with Gasteiger partial charge in [-0.25, -0.2) is 4.79 Å². The predicted molar refractivity (Wildman–Crippen MR) is 136 cm³/mol. The SMILES string of the molecule is CSN(C(=O)[C@@H](CC1CCCCC1)NC(=O)OC(C)(C)C)C1CCN(c2ccccc2)CC1. The van der Waals surface area contributed by atoms with Crippen LogP contribution < -0.4 is 10.2 Å². The van der Waals surface area contributed by atoms with Gasteiger partial charge in [0.15, 0.2) is 0 Å². The molecule has 6 nitrogen and oxygen atoms in total. The van der Waals surface area contributed by atoms with Crippen molar-refractivity contribution >= 4 is 29.6 Å². The molecule has 1 aliphatic carbocycles. The van der Waals surface area contributed by atoms with E-state index in [1.807, 2.05) is 37.4 Å². The molecule has 7 heteroatoms. The quantitative estimate of drug-likeness (QED) is 0.518. The Morgan fingerprint density at radius 1 is 1.09 bits per heavy atom. The Labute approximate surface area is 203 Å². The van der Waals surface area contributed by atoms with Gasteiger partial charge in [0.25, 0.3) is 5.91 Å². The molecular formula is C26H41N3O3S. The number of hydrogen-bond donors (Lipinski definition) is 1. The molecule has 1 aromatic carbocycles. The molecule has 1 aliphatic heterocycles. The number of piperidine rings is 1. The zero-order valence-corrected chi connectivity index (χ0v) is 21.5. The molecule has 0 bridgehead atoms. The van der Waals surface area contributed by atoms with Gasteiger partial charge in [-0.05, 0) is 58.1 Å². The van der Waals surface area contributed by atoms with Gasteiger partial charge in [0, 0.05) is 31.1 Å². The van der Waals surface area contributed by atoms with E-state index in [1.54, 1.807) is 0 Å². The van der Waals surface area contributed by atoms with Gasteiger partial charge in [-0.3, -0.25) is 9.10 Å². The Bertz CT molecular complexity index is 754. The van der Waals surface area contributed by atoms with Crippen LogP contribution in [0.5, 0.6) is 0 Å². The van der Waals surface area contributed by atoms with E-state index in [0.717, 1.165) is 38.8 Å². The van der Waals surface area contributed by atoms with Gasteiger partial charge in [-0.15, -0.1) is 0 Å². The fourth-order valence-corrected chi connectivity index (χ4v) is 5.81. The lowest BCUT2D eigenvalue weighted by Crippen LogP contribution is -2.53. The van der Waals surface area contributed by atoms with Crippen LogP contribution in [0, 0.1) is 5.92 Å². The third kappa shape index (κ3) is 7.83. The number of ether oxygens (including phenoxy) is 1. The molecule has 2 amide bonds. The number of rotatable bonds is 7. The first-order valence-electron chi connectivity index (χ1n) is 12.4. The van der Waals surface area contributed by atoms with Crippen molar-refractivity contribution in [2.75, 3.05) is 24.2 Å². The topological polar surface area (TPSA) is 61.9 Å². The highest BCUT2D eigenvalue weighted by atomic mass is 32.2. The van der Waals surface area contributed by atoms with Crippen LogP contribution in [0.2, 0.25) is 0 Å². The molecule has 1 heterocycles. The molecule has 1 saturated carbocycles. The summed E-state index contributed by atoms with van der Waals surface area (Å²) in [6.07, 6.45) is 9.95. The number of alkyl carbamates (subject to hydrolysis) is 1. The Morgan fingerprint density at radius 3 is 2.30 bits per heavy atom. The predicted octanol–water partition coefficient (Wildman–Crippen LogP) is 5.63. The molecule has 1 saturated heterocycles. The lowest BCUT2D eigenvalue weighted by molar-refractivity contribution is -0.130. The van der Waals surface area contributed by atoms with Crippen LogP contribution in [0.25, 0.3) is 0 Å². The molecule has 1 atom stereocenters. The number of amides is 2. The van der Waals surface area contributed by atoms with Crippen molar-refractivity contribution in [1.82, 2.24) is 9.62 Å². The maximum absolute atomic E-state index is 13.7. The molecule has 0 radical (unpaired) electrons. The lowest BCUT2D eigenvalue weighted by Gasteiger charge is -2.40. The fraction of sp³-hybridized carbons (Fsp3) is 0.692. The zero-order valence-electron chi connectivity index (χ0n) is 20.7. The molecule has 1 N–H and O–H groups in total. The molecule has 2 aliphatic rings. The van der Waals surface area contributed by atoms with Gasteiger partial charge in [-0.2, -0.15) is 0 Å². The average molecular weight is 476 g/mol. The van der Waals surface area contributed by atoms with Crippen molar-refractivity contribution in [2.45, 2.75) is 89.8 Å². The van der Waals surface area contributed by atoms with Crippen molar-refractivity contribution in [1.29, 1.82) is 0 Å². The van der Waals surface area contributed by atoms with Crippen LogP contribution in [0.4, 0.5) is 10.5 Å². The standard InChI is InChI=1S/C26H41N3O3S/c1-26(2,3)32-25(31)27-23(19-20-11-7-5-8-12-20)24(30)29(33-4)22-15-17-28(18-16-22)21-13-9-6-10-14-21/h6,9-10,13-14,20,22-23H,5,7-8,11-12,15-19H2,1-4H3,(H,27,31)/t23-/m1/s1. The highest BCUT2D eigenvalue weighted by molar-refractivity contribution is 7.96. The number of para-hydroxylation sites is 1. The summed E-state index contributed by atoms with van der Waals surface area (Å²) in [5.41, 5.74) is 0.645. The summed E-state index contributed by atoms with van der Waals surface area (Å²) in [4.78, 5) is 28.7. The van der Waals surface area contributed by atoms with Crippen LogP contribution in [0.3, 0.4) is 0 Å². The van der Waals surface area contributed by atoms with E-state index in [-0.39, 0.29) is 11.9 Å². The summed E-state index contributed by atoms with van der Waals surface area (Å²) < 4.78 is 7.42. The fourth-order valence-electron chi connectivity index (χ4n) is 5.00. The summed E-state index contributed by atoms with van der Waals surface area (Å²) in [6, 6.07) is 10.1. The first kappa shape index (κ1) is 25.7. The van der Waals surface area contributed by atoms with E-state index < -0.39 is 17.7 Å². The van der Waals surface area contributed by atoms with E-state index in [1.165, 1.54) is 36.9 Å². The van der Waals surface area contributed by atoms with Crippen LogP contribution in [-0.4, -0.2) is 53.3 Å². The summed E-state index contributed by atoms with van der Waals surface area (Å²) >= 11 is 1.49. The minimum absolute atomic E-state index is 0.0112. The van der Waals surface area contributed by atoms with Gasteiger partial charge in [0.05, 0.1) is 0 Å². The summed E-state index contributed by atoms with van der Waals surface area (Å²) in [6.45, 7) is 7.38. The molecule has 33 heavy (non-hydrogen) atoms. The monoisotopic (exact) mass is 475 g/mol. The van der Waals surface area contributed by atoms with E-state index in [2.05, 4.69) is 34.5 Å². The van der Waals surface area contributed by atoms with Crippen molar-refractivity contribution < 1.29 is 14.3 Å². The van der Waals surface area contributed by atoms with E-state index >= 15 is 0 Å². The lowest BCUT2D eigenvalue weighted by atomic mass is 9.84. The van der Waals surface area contributed by atoms with E-state index in [4.69, 9.17) is 4.74 Å². The maximum atomic E-state index is 13.7. The van der Waals surface area contributed by atoms with Gasteiger partial charge in [0.2, 0.25) is 0 Å². The van der Waals surface area contributed by atoms with Gasteiger partial charge >= 0.3 is 6.09 Å². The normalized spacial score (nSPS) is 19.1. The number of benzene rings is 1. The van der Waals surface area contributed by atoms with Crippen LogP contribution in [-0.2, 0) is 9.53 Å². The number of carbonyl (C=O) groups excluding carboxylic acids is 2. The maximum Gasteiger partial charge on any atom is 0.408 e. The average Bonchev–Trinajstić information content (AvgIpc) is 2.79. The third-order valence-corrected chi connectivity index (χ3v) is 7.49. The van der Waals surface area contributed by atoms with Crippen molar-refractivity contribution in [3.05, 3.63) is 30.3 Å². The van der Waals surface area contributed by atoms with Crippen LogP contribution in [0.15, 0.2) is 30.3 Å². The highest BCUT2D eigenvalue weighted by Gasteiger charge is 2.35. The molecular weight excluding hydrogens is 434 g/mol. The molecule has 2 fully saturated rings. The molecule has 0 unspecified atom stereocenters. The largest absolute Gasteiger partial charge is 0.444 e. The minimum Gasteiger partial charge on any atom is -0.444 e. The highest BCUT2D eigenvalue weighted by Crippen LogP contribution is 2.30. The molecule has 1 aromatic rings. The summed E-state index contributed by atoms with van der Waals surface area (Å²) in [5.74, 6) is 0.489. The van der Waals surface area contributed by atoms with E-state index in [9.17, 15) is 9.59 Å². The number of carbonyl (C=O) groups is 2. The van der Waals surface area contributed by atoms with Gasteiger partial charge < -0.3 is 15.0 Å². The smallest absolute Gasteiger partial charge is 0.408 e. The van der Waals surface area contributed by atoms with Crippen molar-refractivity contribution in [3.8, 4) is 0 Å². The first-order valence-corrected chi connectivity index (χ1v) is 13.6. The molecule has 184 valence electrons. The Hall–Kier alpha value is -1.89. The second-order valence-electron chi connectivity index (χ2n) is 10.3. The number of nitrogens with one attached hydrogen (secondary N) is 1. The molecule has 0 aromatic heterocycles. The van der Waals surface area contributed by atoms with Crippen molar-refractivity contribution in [3.63, 3.8) is 0 Å². The second kappa shape index (κ2) is 12.0. The Morgan fingerprint density at radius 2 is 1.73 bits per heavy atom. The second-order valence-corrected chi connectivity index (χ2v) is 11.1. The Balaban J connectivity index is 1.66. The molecule has 0 spiro atoms. The van der Waals surface area contributed by atoms with E-state index in [0.29, 0.717) is 12.3 Å². The van der Waals surface area contributed by atoms with Gasteiger partial charge in [0.1, 0.15) is 11.6 Å². The minimum atomic E-state index is -0.591. The first-order chi connectivity index (χ1) is 15.8. The summed E-state index contributed by atoms with van der Waals surface area (Å²) in [7, 11) is 0. The summed E-state index contributed by atoms with van der Waals surface area (Å²) in [5, 5.41) is 2.93. The number of anilines is 1. The zero-order chi connectivity index (χ0) is 23.8. The third-order valence-electron chi connectivity index (χ3n) is 6.61. The number of nitrogens with zero attached hydrogens (tertiary/aromatic N) is 2. The molecule has 3 rings (SSSR count). The van der Waals surface area contributed by atoms with Crippen molar-refractivity contribution in [2.24, 2.45) is 5.92 Å². The number of hydrogen-bond acceptors (Lipinski definition) is 5.